The van der Waals surface area contributed by atoms with Crippen LogP contribution in [0.2, 0.25) is 0 Å². The second kappa shape index (κ2) is 7.64. The molecule has 0 aliphatic heterocycles. The van der Waals surface area contributed by atoms with E-state index in [1.807, 2.05) is 62.4 Å². The molecule has 4 rings (SSSR count). The molecule has 29 heavy (non-hydrogen) atoms. The number of benzene rings is 1. The van der Waals surface area contributed by atoms with Gasteiger partial charge in [0.2, 0.25) is 0 Å². The molecule has 3 heterocycles. The molecule has 0 saturated heterocycles. The second-order valence-electron chi connectivity index (χ2n) is 6.85. The molecule has 142 valence electrons. The van der Waals surface area contributed by atoms with E-state index in [-0.39, 0.29) is 5.56 Å². The van der Waals surface area contributed by atoms with Crippen LogP contribution in [0, 0.1) is 13.8 Å². The summed E-state index contributed by atoms with van der Waals surface area (Å²) in [6, 6.07) is 18.8. The normalized spacial score (nSPS) is 10.7. The van der Waals surface area contributed by atoms with Crippen molar-refractivity contribution in [2.75, 3.05) is 0 Å². The Morgan fingerprint density at radius 1 is 0.759 bits per heavy atom. The van der Waals surface area contributed by atoms with Gasteiger partial charge in [-0.2, -0.15) is 0 Å². The van der Waals surface area contributed by atoms with Crippen molar-refractivity contribution in [2.45, 2.75) is 13.8 Å². The van der Waals surface area contributed by atoms with Gasteiger partial charge in [-0.3, -0.25) is 9.97 Å². The van der Waals surface area contributed by atoms with Crippen LogP contribution in [-0.4, -0.2) is 26.0 Å². The lowest BCUT2D eigenvalue weighted by atomic mass is 9.92. The molecule has 0 unspecified atom stereocenters. The molecule has 0 saturated carbocycles. The summed E-state index contributed by atoms with van der Waals surface area (Å²) in [5.74, 6) is -0.930. The first-order valence-electron chi connectivity index (χ1n) is 9.23. The van der Waals surface area contributed by atoms with Gasteiger partial charge in [-0.25, -0.2) is 9.78 Å². The van der Waals surface area contributed by atoms with Crippen LogP contribution in [0.1, 0.15) is 21.5 Å². The van der Waals surface area contributed by atoms with Crippen molar-refractivity contribution in [3.05, 3.63) is 89.7 Å². The summed E-state index contributed by atoms with van der Waals surface area (Å²) >= 11 is 0. The highest BCUT2D eigenvalue weighted by atomic mass is 16.4. The lowest BCUT2D eigenvalue weighted by Crippen LogP contribution is -2.00. The third-order valence-electron chi connectivity index (χ3n) is 4.75. The van der Waals surface area contributed by atoms with E-state index >= 15 is 0 Å². The van der Waals surface area contributed by atoms with Crippen LogP contribution in [0.15, 0.2) is 73.1 Å². The van der Waals surface area contributed by atoms with E-state index in [2.05, 4.69) is 9.97 Å². The van der Waals surface area contributed by atoms with Crippen molar-refractivity contribution < 1.29 is 9.90 Å². The number of aromatic carboxylic acids is 1. The summed E-state index contributed by atoms with van der Waals surface area (Å²) < 4.78 is 0. The number of pyridine rings is 3. The summed E-state index contributed by atoms with van der Waals surface area (Å²) in [5.41, 5.74) is 7.04. The van der Waals surface area contributed by atoms with Gasteiger partial charge >= 0.3 is 5.97 Å². The fourth-order valence-electron chi connectivity index (χ4n) is 3.51. The predicted molar refractivity (Wildman–Crippen MR) is 113 cm³/mol. The third-order valence-corrected chi connectivity index (χ3v) is 4.75. The minimum absolute atomic E-state index is 0.285. The number of carbonyl (C=O) groups is 1. The summed E-state index contributed by atoms with van der Waals surface area (Å²) in [5, 5.41) is 9.35. The molecule has 0 aliphatic carbocycles. The van der Waals surface area contributed by atoms with E-state index in [0.717, 1.165) is 45.0 Å². The summed E-state index contributed by atoms with van der Waals surface area (Å²) in [7, 11) is 0. The number of nitrogens with zero attached hydrogens (tertiary/aromatic N) is 3. The minimum atomic E-state index is -0.930. The Kier molecular flexibility index (Phi) is 4.87. The van der Waals surface area contributed by atoms with Gasteiger partial charge in [0.1, 0.15) is 0 Å². The van der Waals surface area contributed by atoms with E-state index in [4.69, 9.17) is 4.98 Å². The van der Waals surface area contributed by atoms with Crippen molar-refractivity contribution in [1.82, 2.24) is 15.0 Å². The van der Waals surface area contributed by atoms with Gasteiger partial charge in [-0.15, -0.1) is 0 Å². The quantitative estimate of drug-likeness (QED) is 0.527. The molecule has 0 spiro atoms. The topological polar surface area (TPSA) is 76.0 Å². The minimum Gasteiger partial charge on any atom is -0.478 e. The van der Waals surface area contributed by atoms with Crippen LogP contribution >= 0.6 is 0 Å². The fraction of sp³-hybridized carbons (Fsp3) is 0.0833. The number of rotatable bonds is 4. The molecule has 0 amide bonds. The van der Waals surface area contributed by atoms with Crippen LogP contribution in [0.25, 0.3) is 33.9 Å². The van der Waals surface area contributed by atoms with Crippen LogP contribution in [-0.2, 0) is 0 Å². The standard InChI is InChI=1S/C24H19N3O2/c1-15-11-18(24(28)29)12-16(2)23(15)17-13-21(19-7-3-5-9-25-19)27-22(14-17)20-8-4-6-10-26-20/h3-14H,1-2H3,(H,28,29). The molecule has 5 heteroatoms. The zero-order chi connectivity index (χ0) is 20.4. The van der Waals surface area contributed by atoms with E-state index in [0.29, 0.717) is 0 Å². The maximum Gasteiger partial charge on any atom is 0.335 e. The molecule has 5 nitrogen and oxygen atoms in total. The van der Waals surface area contributed by atoms with Gasteiger partial charge in [-0.05, 0) is 84.6 Å². The molecule has 3 aromatic heterocycles. The van der Waals surface area contributed by atoms with Crippen molar-refractivity contribution in [3.8, 4) is 33.9 Å². The average Bonchev–Trinajstić information content (AvgIpc) is 2.74. The maximum atomic E-state index is 11.4. The molecular weight excluding hydrogens is 362 g/mol. The first kappa shape index (κ1) is 18.5. The Labute approximate surface area is 168 Å². The number of hydrogen-bond donors (Lipinski definition) is 1. The number of carboxylic acids is 1. The first-order valence-corrected chi connectivity index (χ1v) is 9.23. The Hall–Kier alpha value is -3.86. The molecule has 0 atom stereocenters. The average molecular weight is 381 g/mol. The SMILES string of the molecule is Cc1cc(C(=O)O)cc(C)c1-c1cc(-c2ccccn2)nc(-c2ccccn2)c1. The lowest BCUT2D eigenvalue weighted by molar-refractivity contribution is 0.0696. The fourth-order valence-corrected chi connectivity index (χ4v) is 3.51. The first-order chi connectivity index (χ1) is 14.0. The smallest absolute Gasteiger partial charge is 0.335 e. The Morgan fingerprint density at radius 2 is 1.28 bits per heavy atom. The number of hydrogen-bond acceptors (Lipinski definition) is 4. The second-order valence-corrected chi connectivity index (χ2v) is 6.85. The van der Waals surface area contributed by atoms with E-state index in [1.54, 1.807) is 24.5 Å². The summed E-state index contributed by atoms with van der Waals surface area (Å²) in [4.78, 5) is 25.1. The van der Waals surface area contributed by atoms with Crippen molar-refractivity contribution in [2.24, 2.45) is 0 Å². The zero-order valence-electron chi connectivity index (χ0n) is 16.1. The maximum absolute atomic E-state index is 11.4. The molecule has 1 N–H and O–H groups in total. The highest BCUT2D eigenvalue weighted by Gasteiger charge is 2.15. The van der Waals surface area contributed by atoms with Crippen molar-refractivity contribution in [1.29, 1.82) is 0 Å². The molecule has 1 aromatic carbocycles. The van der Waals surface area contributed by atoms with Crippen LogP contribution in [0.5, 0.6) is 0 Å². The third kappa shape index (κ3) is 3.75. The Morgan fingerprint density at radius 3 is 1.69 bits per heavy atom. The van der Waals surface area contributed by atoms with Gasteiger partial charge in [0.15, 0.2) is 0 Å². The van der Waals surface area contributed by atoms with Crippen LogP contribution in [0.4, 0.5) is 0 Å². The molecule has 0 aliphatic rings. The molecule has 0 fully saturated rings. The summed E-state index contributed by atoms with van der Waals surface area (Å²) in [6.07, 6.45) is 3.48. The number of carboxylic acid groups (broad SMARTS) is 1. The van der Waals surface area contributed by atoms with E-state index in [9.17, 15) is 9.90 Å². The monoisotopic (exact) mass is 381 g/mol. The van der Waals surface area contributed by atoms with Crippen LogP contribution in [0.3, 0.4) is 0 Å². The molecular formula is C24H19N3O2. The highest BCUT2D eigenvalue weighted by Crippen LogP contribution is 2.33. The number of aryl methyl sites for hydroxylation is 2. The number of aromatic nitrogens is 3. The van der Waals surface area contributed by atoms with E-state index < -0.39 is 5.97 Å². The van der Waals surface area contributed by atoms with Gasteiger partial charge in [-0.1, -0.05) is 12.1 Å². The highest BCUT2D eigenvalue weighted by molar-refractivity contribution is 5.90. The lowest BCUT2D eigenvalue weighted by Gasteiger charge is -2.14. The van der Waals surface area contributed by atoms with Crippen molar-refractivity contribution in [3.63, 3.8) is 0 Å². The van der Waals surface area contributed by atoms with E-state index in [1.165, 1.54) is 0 Å². The summed E-state index contributed by atoms with van der Waals surface area (Å²) in [6.45, 7) is 3.85. The van der Waals surface area contributed by atoms with Crippen molar-refractivity contribution >= 4 is 5.97 Å². The zero-order valence-corrected chi connectivity index (χ0v) is 16.1. The van der Waals surface area contributed by atoms with Gasteiger partial charge in [0, 0.05) is 12.4 Å². The van der Waals surface area contributed by atoms with Gasteiger partial charge < -0.3 is 5.11 Å². The predicted octanol–water partition coefficient (Wildman–Crippen LogP) is 5.19. The van der Waals surface area contributed by atoms with Gasteiger partial charge in [0.05, 0.1) is 28.3 Å². The molecule has 0 bridgehead atoms. The molecule has 0 radical (unpaired) electrons. The van der Waals surface area contributed by atoms with Gasteiger partial charge in [0.25, 0.3) is 0 Å². The largest absolute Gasteiger partial charge is 0.478 e. The Balaban J connectivity index is 1.95. The molecule has 4 aromatic rings. The van der Waals surface area contributed by atoms with Crippen LogP contribution < -0.4 is 0 Å². The Bertz CT molecular complexity index is 1110.